The SMILES string of the molecule is C=CN(Cc1nn(CCc2ccc(C#N)cc2)c(=O)o1)C(=O)c1c(C)ncn1C. The molecule has 0 unspecified atom stereocenters. The number of hydrogen-bond donors (Lipinski definition) is 0. The Bertz CT molecular complexity index is 1110. The van der Waals surface area contributed by atoms with Crippen molar-refractivity contribution in [3.63, 3.8) is 0 Å². The van der Waals surface area contributed by atoms with E-state index in [9.17, 15) is 9.59 Å². The molecular formula is C20H20N6O3. The molecule has 0 saturated carbocycles. The molecule has 0 aliphatic carbocycles. The highest BCUT2D eigenvalue weighted by molar-refractivity contribution is 5.94. The van der Waals surface area contributed by atoms with Crippen LogP contribution in [-0.2, 0) is 26.6 Å². The van der Waals surface area contributed by atoms with Gasteiger partial charge in [0.25, 0.3) is 5.91 Å². The third-order valence-electron chi connectivity index (χ3n) is 4.45. The minimum absolute atomic E-state index is 0.0218. The van der Waals surface area contributed by atoms with E-state index in [1.807, 2.05) is 12.1 Å². The summed E-state index contributed by atoms with van der Waals surface area (Å²) in [7, 11) is 1.73. The van der Waals surface area contributed by atoms with E-state index in [0.717, 1.165) is 5.56 Å². The fraction of sp³-hybridized carbons (Fsp3) is 0.250. The highest BCUT2D eigenvalue weighted by Crippen LogP contribution is 2.12. The molecule has 0 atom stereocenters. The summed E-state index contributed by atoms with van der Waals surface area (Å²) >= 11 is 0. The molecule has 0 fully saturated rings. The van der Waals surface area contributed by atoms with Gasteiger partial charge in [-0.05, 0) is 31.0 Å². The van der Waals surface area contributed by atoms with Crippen LogP contribution in [0.25, 0.3) is 0 Å². The van der Waals surface area contributed by atoms with Crippen molar-refractivity contribution in [2.45, 2.75) is 26.4 Å². The van der Waals surface area contributed by atoms with Gasteiger partial charge in [-0.1, -0.05) is 18.7 Å². The maximum atomic E-state index is 12.8. The van der Waals surface area contributed by atoms with Crippen molar-refractivity contribution < 1.29 is 9.21 Å². The van der Waals surface area contributed by atoms with Crippen LogP contribution >= 0.6 is 0 Å². The van der Waals surface area contributed by atoms with Gasteiger partial charge in [-0.3, -0.25) is 4.79 Å². The van der Waals surface area contributed by atoms with E-state index in [1.54, 1.807) is 37.0 Å². The minimum Gasteiger partial charge on any atom is -0.390 e. The molecular weight excluding hydrogens is 372 g/mol. The van der Waals surface area contributed by atoms with E-state index < -0.39 is 5.76 Å². The van der Waals surface area contributed by atoms with Crippen LogP contribution in [0, 0.1) is 18.3 Å². The maximum Gasteiger partial charge on any atom is 0.437 e. The molecule has 9 nitrogen and oxygen atoms in total. The molecule has 1 aromatic carbocycles. The Morgan fingerprint density at radius 3 is 2.69 bits per heavy atom. The van der Waals surface area contributed by atoms with Gasteiger partial charge in [0.05, 0.1) is 30.2 Å². The highest BCUT2D eigenvalue weighted by Gasteiger charge is 2.22. The van der Waals surface area contributed by atoms with E-state index >= 15 is 0 Å². The Kier molecular flexibility index (Phi) is 5.74. The van der Waals surface area contributed by atoms with Crippen LogP contribution < -0.4 is 5.76 Å². The second kappa shape index (κ2) is 8.39. The third-order valence-corrected chi connectivity index (χ3v) is 4.45. The van der Waals surface area contributed by atoms with Gasteiger partial charge in [0, 0.05) is 13.2 Å². The maximum absolute atomic E-state index is 12.8. The zero-order valence-corrected chi connectivity index (χ0v) is 16.2. The number of rotatable bonds is 7. The second-order valence-electron chi connectivity index (χ2n) is 6.45. The number of aromatic nitrogens is 4. The van der Waals surface area contributed by atoms with E-state index in [-0.39, 0.29) is 18.3 Å². The Morgan fingerprint density at radius 2 is 2.10 bits per heavy atom. The van der Waals surface area contributed by atoms with Gasteiger partial charge >= 0.3 is 5.76 Å². The molecule has 3 aromatic rings. The number of carbonyl (C=O) groups excluding carboxylic acids is 1. The number of imidazole rings is 1. The van der Waals surface area contributed by atoms with Crippen LogP contribution in [0.3, 0.4) is 0 Å². The number of nitriles is 1. The van der Waals surface area contributed by atoms with Crippen LogP contribution in [0.4, 0.5) is 0 Å². The number of nitrogens with zero attached hydrogens (tertiary/aromatic N) is 6. The molecule has 0 N–H and O–H groups in total. The molecule has 0 aliphatic heterocycles. The van der Waals surface area contributed by atoms with Gasteiger partial charge in [0.2, 0.25) is 5.89 Å². The van der Waals surface area contributed by atoms with Gasteiger partial charge in [0.1, 0.15) is 12.2 Å². The molecule has 1 amide bonds. The van der Waals surface area contributed by atoms with Gasteiger partial charge in [0.15, 0.2) is 0 Å². The minimum atomic E-state index is -0.596. The zero-order valence-electron chi connectivity index (χ0n) is 16.2. The average molecular weight is 392 g/mol. The smallest absolute Gasteiger partial charge is 0.390 e. The molecule has 9 heteroatoms. The summed E-state index contributed by atoms with van der Waals surface area (Å²) in [5, 5.41) is 13.0. The molecule has 0 aliphatic rings. The fourth-order valence-electron chi connectivity index (χ4n) is 2.89. The van der Waals surface area contributed by atoms with E-state index in [2.05, 4.69) is 22.7 Å². The molecule has 0 radical (unpaired) electrons. The first-order chi connectivity index (χ1) is 13.9. The molecule has 3 rings (SSSR count). The standard InChI is InChI=1S/C20H20N6O3/c1-4-25(19(27)18-14(2)22-13-24(18)3)12-17-23-26(20(28)29-17)10-9-15-5-7-16(11-21)8-6-15/h4-8,13H,1,9-10,12H2,2-3H3. The number of amides is 1. The quantitative estimate of drug-likeness (QED) is 0.606. The van der Waals surface area contributed by atoms with Crippen molar-refractivity contribution in [2.75, 3.05) is 0 Å². The second-order valence-corrected chi connectivity index (χ2v) is 6.45. The normalized spacial score (nSPS) is 10.5. The van der Waals surface area contributed by atoms with Crippen LogP contribution in [0.5, 0.6) is 0 Å². The first-order valence-corrected chi connectivity index (χ1v) is 8.90. The number of benzene rings is 1. The summed E-state index contributed by atoms with van der Waals surface area (Å²) in [4.78, 5) is 30.3. The van der Waals surface area contributed by atoms with Gasteiger partial charge in [-0.15, -0.1) is 5.10 Å². The fourth-order valence-corrected chi connectivity index (χ4v) is 2.89. The molecule has 148 valence electrons. The lowest BCUT2D eigenvalue weighted by Crippen LogP contribution is -2.27. The van der Waals surface area contributed by atoms with Crippen molar-refractivity contribution in [3.05, 3.63) is 82.3 Å². The molecule has 0 bridgehead atoms. The monoisotopic (exact) mass is 392 g/mol. The molecule has 0 spiro atoms. The topological polar surface area (TPSA) is 110 Å². The Morgan fingerprint density at radius 1 is 1.38 bits per heavy atom. The number of aryl methyl sites for hydroxylation is 4. The Labute approximate surface area is 167 Å². The molecule has 2 heterocycles. The Balaban J connectivity index is 1.70. The van der Waals surface area contributed by atoms with Crippen LogP contribution in [-0.4, -0.2) is 30.1 Å². The lowest BCUT2D eigenvalue weighted by atomic mass is 10.1. The van der Waals surface area contributed by atoms with Crippen LogP contribution in [0.1, 0.15) is 33.2 Å². The predicted octanol–water partition coefficient (Wildman–Crippen LogP) is 1.78. The van der Waals surface area contributed by atoms with Gasteiger partial charge < -0.3 is 13.9 Å². The Hall–Kier alpha value is -3.93. The van der Waals surface area contributed by atoms with Gasteiger partial charge in [-0.25, -0.2) is 9.78 Å². The van der Waals surface area contributed by atoms with Crippen molar-refractivity contribution in [1.82, 2.24) is 24.2 Å². The van der Waals surface area contributed by atoms with Crippen molar-refractivity contribution >= 4 is 5.91 Å². The van der Waals surface area contributed by atoms with E-state index in [0.29, 0.717) is 29.9 Å². The molecule has 29 heavy (non-hydrogen) atoms. The zero-order chi connectivity index (χ0) is 21.0. The van der Waals surface area contributed by atoms with Crippen molar-refractivity contribution in [3.8, 4) is 6.07 Å². The first kappa shape index (κ1) is 19.8. The predicted molar refractivity (Wildman–Crippen MR) is 104 cm³/mol. The van der Waals surface area contributed by atoms with Crippen LogP contribution in [0.15, 0.2) is 52.6 Å². The van der Waals surface area contributed by atoms with Crippen molar-refractivity contribution in [1.29, 1.82) is 5.26 Å². The van der Waals surface area contributed by atoms with E-state index in [1.165, 1.54) is 15.8 Å². The average Bonchev–Trinajstić information content (AvgIpc) is 3.25. The number of carbonyl (C=O) groups is 1. The largest absolute Gasteiger partial charge is 0.437 e. The lowest BCUT2D eigenvalue weighted by Gasteiger charge is -2.16. The first-order valence-electron chi connectivity index (χ1n) is 8.90. The molecule has 2 aromatic heterocycles. The summed E-state index contributed by atoms with van der Waals surface area (Å²) in [5.74, 6) is -0.794. The highest BCUT2D eigenvalue weighted by atomic mass is 16.4. The van der Waals surface area contributed by atoms with E-state index in [4.69, 9.17) is 9.68 Å². The third kappa shape index (κ3) is 4.32. The molecule has 0 saturated heterocycles. The summed E-state index contributed by atoms with van der Waals surface area (Å²) in [6, 6.07) is 9.17. The summed E-state index contributed by atoms with van der Waals surface area (Å²) in [6.45, 7) is 5.70. The summed E-state index contributed by atoms with van der Waals surface area (Å²) in [5.41, 5.74) is 2.56. The summed E-state index contributed by atoms with van der Waals surface area (Å²) in [6.07, 6.45) is 3.47. The lowest BCUT2D eigenvalue weighted by molar-refractivity contribution is 0.0793. The van der Waals surface area contributed by atoms with Crippen LogP contribution in [0.2, 0.25) is 0 Å². The van der Waals surface area contributed by atoms with Crippen molar-refractivity contribution in [2.24, 2.45) is 7.05 Å². The number of hydrogen-bond acceptors (Lipinski definition) is 6. The summed E-state index contributed by atoms with van der Waals surface area (Å²) < 4.78 is 8.03. The van der Waals surface area contributed by atoms with Gasteiger partial charge in [-0.2, -0.15) is 9.94 Å².